The van der Waals surface area contributed by atoms with Crippen molar-refractivity contribution in [3.05, 3.63) is 42.4 Å². The van der Waals surface area contributed by atoms with Gasteiger partial charge < -0.3 is 10.6 Å². The van der Waals surface area contributed by atoms with Crippen molar-refractivity contribution in [3.8, 4) is 11.5 Å². The molecular formula is C19H24N6O2. The van der Waals surface area contributed by atoms with Gasteiger partial charge in [0, 0.05) is 50.7 Å². The highest BCUT2D eigenvalue weighted by atomic mass is 16.2. The molecule has 8 heteroatoms. The fourth-order valence-electron chi connectivity index (χ4n) is 3.28. The lowest BCUT2D eigenvalue weighted by molar-refractivity contribution is -0.121. The van der Waals surface area contributed by atoms with Crippen LogP contribution in [0.2, 0.25) is 0 Å². The van der Waals surface area contributed by atoms with E-state index < -0.39 is 0 Å². The average molecular weight is 368 g/mol. The van der Waals surface area contributed by atoms with Crippen LogP contribution in [0.1, 0.15) is 29.6 Å². The van der Waals surface area contributed by atoms with E-state index >= 15 is 0 Å². The molecule has 1 fully saturated rings. The number of nitrogens with one attached hydrogen (secondary N) is 2. The summed E-state index contributed by atoms with van der Waals surface area (Å²) in [6.45, 7) is 0.529. The van der Waals surface area contributed by atoms with Crippen LogP contribution >= 0.6 is 0 Å². The maximum atomic E-state index is 12.4. The molecule has 27 heavy (non-hydrogen) atoms. The number of nitrogens with zero attached hydrogens (tertiary/aromatic N) is 4. The Kier molecular flexibility index (Phi) is 6.08. The number of carbonyl (C=O) groups is 2. The average Bonchev–Trinajstić information content (AvgIpc) is 3.06. The maximum absolute atomic E-state index is 12.4. The molecule has 0 spiro atoms. The molecule has 2 N–H and O–H groups in total. The van der Waals surface area contributed by atoms with E-state index in [0.29, 0.717) is 30.0 Å². The molecule has 0 unspecified atom stereocenters. The molecule has 0 saturated carbocycles. The lowest BCUT2D eigenvalue weighted by Crippen LogP contribution is -2.42. The van der Waals surface area contributed by atoms with Crippen LogP contribution in [0.25, 0.3) is 11.5 Å². The van der Waals surface area contributed by atoms with E-state index in [-0.39, 0.29) is 23.9 Å². The fraction of sp³-hybridized carbons (Fsp3) is 0.421. The van der Waals surface area contributed by atoms with Crippen molar-refractivity contribution in [2.75, 3.05) is 20.6 Å². The number of amides is 2. The van der Waals surface area contributed by atoms with Gasteiger partial charge >= 0.3 is 0 Å². The van der Waals surface area contributed by atoms with E-state index in [2.05, 4.69) is 30.5 Å². The van der Waals surface area contributed by atoms with Gasteiger partial charge in [0.05, 0.1) is 5.56 Å². The molecule has 2 atom stereocenters. The molecule has 0 radical (unpaired) electrons. The minimum atomic E-state index is -0.203. The van der Waals surface area contributed by atoms with Crippen LogP contribution in [-0.2, 0) is 4.79 Å². The van der Waals surface area contributed by atoms with E-state index in [9.17, 15) is 9.59 Å². The molecule has 0 aliphatic carbocycles. The Labute approximate surface area is 158 Å². The van der Waals surface area contributed by atoms with Crippen molar-refractivity contribution in [1.29, 1.82) is 0 Å². The Bertz CT molecular complexity index is 781. The minimum absolute atomic E-state index is 0.0432. The fourth-order valence-corrected chi connectivity index (χ4v) is 3.28. The molecule has 142 valence electrons. The number of carbonyl (C=O) groups excluding carboxylic acids is 2. The zero-order chi connectivity index (χ0) is 19.2. The van der Waals surface area contributed by atoms with Gasteiger partial charge in [0.2, 0.25) is 5.91 Å². The lowest BCUT2D eigenvalue weighted by atomic mass is 10.1. The highest BCUT2D eigenvalue weighted by Gasteiger charge is 2.31. The van der Waals surface area contributed by atoms with Crippen molar-refractivity contribution in [1.82, 2.24) is 30.5 Å². The smallest absolute Gasteiger partial charge is 0.254 e. The molecule has 3 heterocycles. The summed E-state index contributed by atoms with van der Waals surface area (Å²) in [7, 11) is 3.65. The number of rotatable bonds is 6. The van der Waals surface area contributed by atoms with E-state index in [0.717, 1.165) is 12.8 Å². The Balaban J connectivity index is 1.53. The topological polar surface area (TPSA) is 100 Å². The van der Waals surface area contributed by atoms with Crippen LogP contribution in [0.3, 0.4) is 0 Å². The van der Waals surface area contributed by atoms with Crippen LogP contribution < -0.4 is 10.6 Å². The van der Waals surface area contributed by atoms with Crippen LogP contribution in [0.15, 0.2) is 36.8 Å². The zero-order valence-electron chi connectivity index (χ0n) is 15.6. The van der Waals surface area contributed by atoms with Gasteiger partial charge in [0.25, 0.3) is 5.91 Å². The first-order valence-electron chi connectivity index (χ1n) is 9.02. The number of hydrogen-bond donors (Lipinski definition) is 2. The van der Waals surface area contributed by atoms with Crippen LogP contribution in [0, 0.1) is 0 Å². The summed E-state index contributed by atoms with van der Waals surface area (Å²) in [5, 5.41) is 5.60. The number of aromatic nitrogens is 3. The summed E-state index contributed by atoms with van der Waals surface area (Å²) in [6, 6.07) is 5.94. The van der Waals surface area contributed by atoms with Crippen LogP contribution in [0.5, 0.6) is 0 Å². The predicted molar refractivity (Wildman–Crippen MR) is 101 cm³/mol. The Morgan fingerprint density at radius 1 is 1.15 bits per heavy atom. The summed E-state index contributed by atoms with van der Waals surface area (Å²) < 4.78 is 0. The first-order chi connectivity index (χ1) is 13.1. The first kappa shape index (κ1) is 18.9. The molecule has 1 aliphatic rings. The van der Waals surface area contributed by atoms with Gasteiger partial charge in [-0.15, -0.1) is 0 Å². The monoisotopic (exact) mass is 368 g/mol. The van der Waals surface area contributed by atoms with Crippen LogP contribution in [0.4, 0.5) is 0 Å². The molecule has 3 rings (SSSR count). The molecule has 2 amide bonds. The molecule has 2 aromatic rings. The summed E-state index contributed by atoms with van der Waals surface area (Å²) in [5.74, 6) is 0.326. The number of likely N-dealkylation sites (N-methyl/N-ethyl adjacent to an activating group) is 1. The molecule has 0 aromatic carbocycles. The van der Waals surface area contributed by atoms with Gasteiger partial charge in [-0.05, 0) is 32.0 Å². The highest BCUT2D eigenvalue weighted by Crippen LogP contribution is 2.24. The van der Waals surface area contributed by atoms with Crippen molar-refractivity contribution < 1.29 is 9.59 Å². The standard InChI is InChI=1S/C19H24N6O2/c1-20-17(26)9-14-6-7-15(25(14)2)12-24-19(27)13-10-22-18(23-11-13)16-5-3-4-8-21-16/h3-5,8,10-11,14-15H,6-7,9,12H2,1-2H3,(H,20,26)(H,24,27)/t14-,15+/m1/s1. The van der Waals surface area contributed by atoms with Crippen molar-refractivity contribution >= 4 is 11.8 Å². The van der Waals surface area contributed by atoms with E-state index in [1.54, 1.807) is 13.2 Å². The summed E-state index contributed by atoms with van der Waals surface area (Å²) >= 11 is 0. The molecule has 8 nitrogen and oxygen atoms in total. The predicted octanol–water partition coefficient (Wildman–Crippen LogP) is 0.867. The first-order valence-corrected chi connectivity index (χ1v) is 9.02. The minimum Gasteiger partial charge on any atom is -0.359 e. The van der Waals surface area contributed by atoms with E-state index in [1.807, 2.05) is 25.2 Å². The molecule has 2 aromatic heterocycles. The van der Waals surface area contributed by atoms with Gasteiger partial charge in [-0.1, -0.05) is 6.07 Å². The highest BCUT2D eigenvalue weighted by molar-refractivity contribution is 5.93. The second-order valence-corrected chi connectivity index (χ2v) is 6.65. The Morgan fingerprint density at radius 3 is 2.56 bits per heavy atom. The Morgan fingerprint density at radius 2 is 1.89 bits per heavy atom. The van der Waals surface area contributed by atoms with Crippen molar-refractivity contribution in [3.63, 3.8) is 0 Å². The molecular weight excluding hydrogens is 344 g/mol. The molecule has 0 bridgehead atoms. The number of pyridine rings is 1. The Hall–Kier alpha value is -2.87. The van der Waals surface area contributed by atoms with Gasteiger partial charge in [-0.3, -0.25) is 19.5 Å². The van der Waals surface area contributed by atoms with E-state index in [1.165, 1.54) is 12.4 Å². The third-order valence-corrected chi connectivity index (χ3v) is 4.99. The summed E-state index contributed by atoms with van der Waals surface area (Å²) in [4.78, 5) is 38.8. The zero-order valence-corrected chi connectivity index (χ0v) is 15.6. The SMILES string of the molecule is CNC(=O)C[C@H]1CC[C@@H](CNC(=O)c2cnc(-c3ccccn3)nc2)N1C. The van der Waals surface area contributed by atoms with Gasteiger partial charge in [-0.2, -0.15) is 0 Å². The van der Waals surface area contributed by atoms with Crippen molar-refractivity contribution in [2.45, 2.75) is 31.3 Å². The van der Waals surface area contributed by atoms with Gasteiger partial charge in [0.1, 0.15) is 5.69 Å². The second-order valence-electron chi connectivity index (χ2n) is 6.65. The largest absolute Gasteiger partial charge is 0.359 e. The molecule has 1 aliphatic heterocycles. The molecule has 1 saturated heterocycles. The summed E-state index contributed by atoms with van der Waals surface area (Å²) in [5.41, 5.74) is 1.08. The maximum Gasteiger partial charge on any atom is 0.254 e. The van der Waals surface area contributed by atoms with Crippen LogP contribution in [-0.4, -0.2) is 64.4 Å². The van der Waals surface area contributed by atoms with Gasteiger partial charge in [0.15, 0.2) is 5.82 Å². The second kappa shape index (κ2) is 8.68. The van der Waals surface area contributed by atoms with Gasteiger partial charge in [-0.25, -0.2) is 9.97 Å². The normalized spacial score (nSPS) is 19.6. The van der Waals surface area contributed by atoms with Crippen molar-refractivity contribution in [2.24, 2.45) is 0 Å². The number of likely N-dealkylation sites (tertiary alicyclic amines) is 1. The lowest BCUT2D eigenvalue weighted by Gasteiger charge is -2.25. The third kappa shape index (κ3) is 4.65. The van der Waals surface area contributed by atoms with E-state index in [4.69, 9.17) is 0 Å². The summed E-state index contributed by atoms with van der Waals surface area (Å²) in [6.07, 6.45) is 7.09. The quantitative estimate of drug-likeness (QED) is 0.785. The number of hydrogen-bond acceptors (Lipinski definition) is 6. The third-order valence-electron chi connectivity index (χ3n) is 4.99.